The van der Waals surface area contributed by atoms with Gasteiger partial charge in [0.15, 0.2) is 0 Å². The third-order valence-electron chi connectivity index (χ3n) is 6.18. The molecule has 42 heavy (non-hydrogen) atoms. The zero-order chi connectivity index (χ0) is 29.5. The average Bonchev–Trinajstić information content (AvgIpc) is 2.99. The molecule has 0 aliphatic rings. The number of nitrogens with one attached hydrogen (secondary N) is 1. The molecular formula is C33H22Cl2N2O5. The SMILES string of the molecule is O=C(Cc1cccc2ccccc12)N/N=C\c1ccc(OC(=O)c2ccc(Cl)cc2)cc1OC(=O)c1ccc(Cl)cc1. The number of amides is 1. The molecule has 0 spiro atoms. The third-order valence-corrected chi connectivity index (χ3v) is 6.69. The van der Waals surface area contributed by atoms with Crippen molar-refractivity contribution in [3.63, 3.8) is 0 Å². The summed E-state index contributed by atoms with van der Waals surface area (Å²) in [5.41, 5.74) is 4.29. The van der Waals surface area contributed by atoms with E-state index in [1.807, 2.05) is 42.5 Å². The third kappa shape index (κ3) is 7.20. The summed E-state index contributed by atoms with van der Waals surface area (Å²) < 4.78 is 11.1. The van der Waals surface area contributed by atoms with Gasteiger partial charge in [0, 0.05) is 21.7 Å². The minimum absolute atomic E-state index is 0.0587. The Hall–Kier alpha value is -4.98. The van der Waals surface area contributed by atoms with Crippen molar-refractivity contribution in [1.82, 2.24) is 5.43 Å². The first-order valence-corrected chi connectivity index (χ1v) is 13.5. The van der Waals surface area contributed by atoms with Gasteiger partial charge in [0.1, 0.15) is 11.5 Å². The number of carbonyl (C=O) groups is 3. The molecule has 0 aliphatic carbocycles. The first kappa shape index (κ1) is 28.5. The van der Waals surface area contributed by atoms with E-state index in [1.54, 1.807) is 30.3 Å². The second-order valence-electron chi connectivity index (χ2n) is 9.10. The quantitative estimate of drug-likeness (QED) is 0.0879. The van der Waals surface area contributed by atoms with Crippen molar-refractivity contribution in [1.29, 1.82) is 0 Å². The molecule has 0 saturated heterocycles. The molecule has 0 radical (unpaired) electrons. The number of ether oxygens (including phenoxy) is 2. The van der Waals surface area contributed by atoms with Crippen LogP contribution in [-0.4, -0.2) is 24.1 Å². The molecule has 7 nitrogen and oxygen atoms in total. The highest BCUT2D eigenvalue weighted by Gasteiger charge is 2.15. The Morgan fingerprint density at radius 3 is 2.02 bits per heavy atom. The van der Waals surface area contributed by atoms with E-state index in [0.717, 1.165) is 16.3 Å². The highest BCUT2D eigenvalue weighted by Crippen LogP contribution is 2.26. The Morgan fingerprint density at radius 1 is 0.714 bits per heavy atom. The lowest BCUT2D eigenvalue weighted by atomic mass is 10.0. The summed E-state index contributed by atoms with van der Waals surface area (Å²) in [4.78, 5) is 38.1. The molecule has 0 aliphatic heterocycles. The lowest BCUT2D eigenvalue weighted by molar-refractivity contribution is -0.120. The minimum Gasteiger partial charge on any atom is -0.423 e. The molecule has 5 aromatic rings. The number of hydrogen-bond donors (Lipinski definition) is 1. The summed E-state index contributed by atoms with van der Waals surface area (Å²) in [6.07, 6.45) is 1.47. The zero-order valence-electron chi connectivity index (χ0n) is 21.9. The van der Waals surface area contributed by atoms with Gasteiger partial charge in [-0.05, 0) is 77.0 Å². The number of nitrogens with zero attached hydrogens (tertiary/aromatic N) is 1. The largest absolute Gasteiger partial charge is 0.423 e. The molecular weight excluding hydrogens is 575 g/mol. The monoisotopic (exact) mass is 596 g/mol. The maximum absolute atomic E-state index is 12.9. The lowest BCUT2D eigenvalue weighted by Crippen LogP contribution is -2.20. The number of hydrogen-bond acceptors (Lipinski definition) is 6. The van der Waals surface area contributed by atoms with Crippen LogP contribution >= 0.6 is 23.2 Å². The van der Waals surface area contributed by atoms with Crippen LogP contribution < -0.4 is 14.9 Å². The summed E-state index contributed by atoms with van der Waals surface area (Å²) in [6, 6.07) is 30.4. The van der Waals surface area contributed by atoms with Gasteiger partial charge in [0.05, 0.1) is 23.8 Å². The van der Waals surface area contributed by atoms with Gasteiger partial charge < -0.3 is 9.47 Å². The van der Waals surface area contributed by atoms with Crippen molar-refractivity contribution >= 4 is 58.0 Å². The normalized spacial score (nSPS) is 10.9. The van der Waals surface area contributed by atoms with Gasteiger partial charge in [-0.2, -0.15) is 5.10 Å². The van der Waals surface area contributed by atoms with Crippen molar-refractivity contribution < 1.29 is 23.9 Å². The van der Waals surface area contributed by atoms with Gasteiger partial charge in [0.25, 0.3) is 0 Å². The molecule has 208 valence electrons. The number of rotatable bonds is 8. The number of fused-ring (bicyclic) bond motifs is 1. The number of benzene rings is 5. The molecule has 5 rings (SSSR count). The molecule has 0 heterocycles. The van der Waals surface area contributed by atoms with Crippen LogP contribution in [-0.2, 0) is 11.2 Å². The summed E-state index contributed by atoms with van der Waals surface area (Å²) in [6.45, 7) is 0. The van der Waals surface area contributed by atoms with E-state index in [1.165, 1.54) is 42.6 Å². The smallest absolute Gasteiger partial charge is 0.343 e. The van der Waals surface area contributed by atoms with Crippen LogP contribution in [0.4, 0.5) is 0 Å². The molecule has 0 aromatic heterocycles. The van der Waals surface area contributed by atoms with Crippen LogP contribution in [0, 0.1) is 0 Å². The second kappa shape index (κ2) is 13.1. The van der Waals surface area contributed by atoms with E-state index in [9.17, 15) is 14.4 Å². The summed E-state index contributed by atoms with van der Waals surface area (Å²) >= 11 is 11.8. The van der Waals surface area contributed by atoms with Crippen LogP contribution in [0.5, 0.6) is 11.5 Å². The van der Waals surface area contributed by atoms with Crippen LogP contribution in [0.2, 0.25) is 10.0 Å². The van der Waals surface area contributed by atoms with Crippen molar-refractivity contribution in [3.05, 3.63) is 141 Å². The maximum atomic E-state index is 12.9. The van der Waals surface area contributed by atoms with E-state index in [2.05, 4.69) is 10.5 Å². The number of halogens is 2. The summed E-state index contributed by atoms with van der Waals surface area (Å²) in [5, 5.41) is 7.04. The van der Waals surface area contributed by atoms with E-state index >= 15 is 0 Å². The highest BCUT2D eigenvalue weighted by atomic mass is 35.5. The molecule has 0 fully saturated rings. The Kier molecular flexibility index (Phi) is 8.92. The Balaban J connectivity index is 1.34. The molecule has 0 unspecified atom stereocenters. The first-order valence-electron chi connectivity index (χ1n) is 12.7. The fourth-order valence-electron chi connectivity index (χ4n) is 4.10. The van der Waals surface area contributed by atoms with Crippen molar-refractivity contribution in [2.45, 2.75) is 6.42 Å². The second-order valence-corrected chi connectivity index (χ2v) is 9.97. The molecule has 9 heteroatoms. The van der Waals surface area contributed by atoms with Crippen LogP contribution in [0.15, 0.2) is 114 Å². The van der Waals surface area contributed by atoms with Gasteiger partial charge in [-0.15, -0.1) is 0 Å². The molecule has 0 atom stereocenters. The fraction of sp³-hybridized carbons (Fsp3) is 0.0303. The molecule has 1 N–H and O–H groups in total. The molecule has 5 aromatic carbocycles. The minimum atomic E-state index is -0.664. The van der Waals surface area contributed by atoms with E-state index in [0.29, 0.717) is 21.2 Å². The van der Waals surface area contributed by atoms with Gasteiger partial charge in [-0.25, -0.2) is 15.0 Å². The zero-order valence-corrected chi connectivity index (χ0v) is 23.4. The number of carbonyl (C=O) groups excluding carboxylic acids is 3. The first-order chi connectivity index (χ1) is 20.4. The molecule has 0 saturated carbocycles. The Morgan fingerprint density at radius 2 is 1.33 bits per heavy atom. The Bertz CT molecular complexity index is 1800. The lowest BCUT2D eigenvalue weighted by Gasteiger charge is -2.11. The van der Waals surface area contributed by atoms with Gasteiger partial charge >= 0.3 is 11.9 Å². The van der Waals surface area contributed by atoms with Crippen molar-refractivity contribution in [2.24, 2.45) is 5.10 Å². The van der Waals surface area contributed by atoms with Gasteiger partial charge in [0.2, 0.25) is 5.91 Å². The predicted molar refractivity (Wildman–Crippen MR) is 163 cm³/mol. The Labute approximate surface area is 251 Å². The average molecular weight is 597 g/mol. The van der Waals surface area contributed by atoms with E-state index < -0.39 is 11.9 Å². The van der Waals surface area contributed by atoms with Gasteiger partial charge in [-0.1, -0.05) is 65.7 Å². The van der Waals surface area contributed by atoms with Gasteiger partial charge in [-0.3, -0.25) is 4.79 Å². The van der Waals surface area contributed by atoms with Crippen LogP contribution in [0.1, 0.15) is 31.8 Å². The van der Waals surface area contributed by atoms with Crippen LogP contribution in [0.3, 0.4) is 0 Å². The fourth-order valence-corrected chi connectivity index (χ4v) is 4.35. The summed E-state index contributed by atoms with van der Waals surface area (Å²) in [5.74, 6) is -1.42. The summed E-state index contributed by atoms with van der Waals surface area (Å²) in [7, 11) is 0. The van der Waals surface area contributed by atoms with E-state index in [4.69, 9.17) is 32.7 Å². The van der Waals surface area contributed by atoms with Crippen LogP contribution in [0.25, 0.3) is 10.8 Å². The topological polar surface area (TPSA) is 94.1 Å². The number of esters is 2. The van der Waals surface area contributed by atoms with Crippen molar-refractivity contribution in [2.75, 3.05) is 0 Å². The number of hydrazone groups is 1. The highest BCUT2D eigenvalue weighted by molar-refractivity contribution is 6.31. The predicted octanol–water partition coefficient (Wildman–Crippen LogP) is 7.28. The molecule has 1 amide bonds. The standard InChI is InChI=1S/C33H22Cl2N2O5/c34-26-13-8-22(9-14-26)32(39)41-28-17-12-25(30(19-28)42-33(40)23-10-15-27(35)16-11-23)20-36-37-31(38)18-24-6-3-5-21-4-1-2-7-29(21)24/h1-17,19-20H,18H2,(H,37,38)/b36-20-. The molecule has 0 bridgehead atoms. The van der Waals surface area contributed by atoms with E-state index in [-0.39, 0.29) is 29.4 Å². The maximum Gasteiger partial charge on any atom is 0.343 e. The van der Waals surface area contributed by atoms with Crippen molar-refractivity contribution in [3.8, 4) is 11.5 Å².